The molecule has 0 radical (unpaired) electrons. The van der Waals surface area contributed by atoms with Gasteiger partial charge in [-0.2, -0.15) is 0 Å². The Bertz CT molecular complexity index is 295. The van der Waals surface area contributed by atoms with E-state index in [9.17, 15) is 0 Å². The number of aromatic nitrogens is 3. The highest BCUT2D eigenvalue weighted by molar-refractivity contribution is 4.88. The molecule has 0 atom stereocenters. The van der Waals surface area contributed by atoms with E-state index >= 15 is 0 Å². The van der Waals surface area contributed by atoms with Gasteiger partial charge in [0, 0.05) is 32.7 Å². The van der Waals surface area contributed by atoms with Gasteiger partial charge in [0.25, 0.3) is 0 Å². The van der Waals surface area contributed by atoms with Crippen LogP contribution in [0.5, 0.6) is 0 Å². The van der Waals surface area contributed by atoms with Crippen molar-refractivity contribution in [2.75, 3.05) is 20.3 Å². The molecule has 1 aliphatic carbocycles. The van der Waals surface area contributed by atoms with E-state index in [0.717, 1.165) is 31.4 Å². The van der Waals surface area contributed by atoms with Gasteiger partial charge in [0.1, 0.15) is 12.2 Å². The zero-order chi connectivity index (χ0) is 10.5. The van der Waals surface area contributed by atoms with Gasteiger partial charge >= 0.3 is 0 Å². The predicted octanol–water partition coefficient (Wildman–Crippen LogP) is 0.219. The highest BCUT2D eigenvalue weighted by Crippen LogP contribution is 2.18. The van der Waals surface area contributed by atoms with E-state index < -0.39 is 0 Å². The molecular weight excluding hydrogens is 192 g/mol. The Morgan fingerprint density at radius 2 is 2.47 bits per heavy atom. The van der Waals surface area contributed by atoms with Crippen LogP contribution in [-0.4, -0.2) is 41.1 Å². The molecule has 1 aromatic rings. The van der Waals surface area contributed by atoms with Gasteiger partial charge in [-0.15, -0.1) is 10.2 Å². The summed E-state index contributed by atoms with van der Waals surface area (Å²) in [5.41, 5.74) is 0. The topological polar surface area (TPSA) is 52.0 Å². The molecule has 1 aliphatic rings. The lowest BCUT2D eigenvalue weighted by molar-refractivity contribution is 0.186. The number of hydrogen-bond donors (Lipinski definition) is 1. The fraction of sp³-hybridized carbons (Fsp3) is 0.800. The van der Waals surface area contributed by atoms with Crippen LogP contribution < -0.4 is 5.32 Å². The fourth-order valence-electron chi connectivity index (χ4n) is 1.52. The molecule has 2 rings (SSSR count). The third kappa shape index (κ3) is 3.28. The first-order valence-corrected chi connectivity index (χ1v) is 5.49. The fourth-order valence-corrected chi connectivity index (χ4v) is 1.52. The van der Waals surface area contributed by atoms with E-state index in [2.05, 4.69) is 20.1 Å². The monoisotopic (exact) mass is 210 g/mol. The first-order chi connectivity index (χ1) is 7.40. The minimum atomic E-state index is 0.709. The number of rotatable bonds is 7. The van der Waals surface area contributed by atoms with E-state index in [1.54, 1.807) is 13.4 Å². The van der Waals surface area contributed by atoms with Crippen molar-refractivity contribution in [3.8, 4) is 0 Å². The number of nitrogens with one attached hydrogen (secondary N) is 1. The van der Waals surface area contributed by atoms with Crippen molar-refractivity contribution in [3.63, 3.8) is 0 Å². The van der Waals surface area contributed by atoms with Crippen LogP contribution in [0.3, 0.4) is 0 Å². The van der Waals surface area contributed by atoms with Crippen LogP contribution in [0, 0.1) is 0 Å². The highest BCUT2D eigenvalue weighted by Gasteiger charge is 2.19. The summed E-state index contributed by atoms with van der Waals surface area (Å²) in [5.74, 6) is 1.04. The first kappa shape index (κ1) is 10.6. The second kappa shape index (κ2) is 5.23. The second-order valence-electron chi connectivity index (χ2n) is 3.91. The van der Waals surface area contributed by atoms with Crippen LogP contribution >= 0.6 is 0 Å². The standard InChI is InChI=1S/C10H18N4O/c1-15-7-6-14-8-12-13-10(14)4-5-11-9-2-3-9/h8-9,11H,2-7H2,1H3. The Hall–Kier alpha value is -0.940. The summed E-state index contributed by atoms with van der Waals surface area (Å²) >= 11 is 0. The van der Waals surface area contributed by atoms with Gasteiger partial charge in [-0.3, -0.25) is 0 Å². The molecule has 5 nitrogen and oxygen atoms in total. The molecule has 1 N–H and O–H groups in total. The van der Waals surface area contributed by atoms with Crippen LogP contribution in [-0.2, 0) is 17.7 Å². The molecule has 0 saturated heterocycles. The third-order valence-corrected chi connectivity index (χ3v) is 2.59. The van der Waals surface area contributed by atoms with Gasteiger partial charge in [0.2, 0.25) is 0 Å². The summed E-state index contributed by atoms with van der Waals surface area (Å²) in [4.78, 5) is 0. The molecule has 5 heteroatoms. The predicted molar refractivity (Wildman–Crippen MR) is 56.6 cm³/mol. The molecular formula is C10H18N4O. The summed E-state index contributed by atoms with van der Waals surface area (Å²) in [6, 6.07) is 0.764. The summed E-state index contributed by atoms with van der Waals surface area (Å²) < 4.78 is 7.08. The van der Waals surface area contributed by atoms with Crippen molar-refractivity contribution in [2.45, 2.75) is 31.8 Å². The van der Waals surface area contributed by atoms with Crippen molar-refractivity contribution in [1.82, 2.24) is 20.1 Å². The summed E-state index contributed by atoms with van der Waals surface area (Å²) in [5, 5.41) is 11.5. The average Bonchev–Trinajstić information content (AvgIpc) is 2.95. The van der Waals surface area contributed by atoms with Gasteiger partial charge in [-0.1, -0.05) is 0 Å². The average molecular weight is 210 g/mol. The zero-order valence-electron chi connectivity index (χ0n) is 9.15. The maximum atomic E-state index is 5.03. The largest absolute Gasteiger partial charge is 0.383 e. The molecule has 0 aliphatic heterocycles. The first-order valence-electron chi connectivity index (χ1n) is 5.49. The molecule has 0 aromatic carbocycles. The van der Waals surface area contributed by atoms with Crippen LogP contribution in [0.1, 0.15) is 18.7 Å². The van der Waals surface area contributed by atoms with Gasteiger partial charge in [0.05, 0.1) is 6.61 Å². The Morgan fingerprint density at radius 1 is 1.60 bits per heavy atom. The molecule has 0 spiro atoms. The Labute approximate surface area is 89.8 Å². The van der Waals surface area contributed by atoms with Crippen LogP contribution in [0.2, 0.25) is 0 Å². The van der Waals surface area contributed by atoms with E-state index in [-0.39, 0.29) is 0 Å². The van der Waals surface area contributed by atoms with Gasteiger partial charge in [0.15, 0.2) is 0 Å². The van der Waals surface area contributed by atoms with Crippen LogP contribution in [0.4, 0.5) is 0 Å². The maximum Gasteiger partial charge on any atom is 0.134 e. The smallest absolute Gasteiger partial charge is 0.134 e. The third-order valence-electron chi connectivity index (χ3n) is 2.59. The van der Waals surface area contributed by atoms with E-state index in [1.807, 2.05) is 0 Å². The van der Waals surface area contributed by atoms with E-state index in [0.29, 0.717) is 6.61 Å². The molecule has 0 amide bonds. The molecule has 15 heavy (non-hydrogen) atoms. The molecule has 1 heterocycles. The van der Waals surface area contributed by atoms with Crippen molar-refractivity contribution in [3.05, 3.63) is 12.2 Å². The number of hydrogen-bond acceptors (Lipinski definition) is 4. The van der Waals surface area contributed by atoms with Crippen molar-refractivity contribution in [2.24, 2.45) is 0 Å². The normalized spacial score (nSPS) is 15.8. The van der Waals surface area contributed by atoms with Gasteiger partial charge < -0.3 is 14.6 Å². The van der Waals surface area contributed by atoms with Crippen molar-refractivity contribution >= 4 is 0 Å². The summed E-state index contributed by atoms with van der Waals surface area (Å²) in [6.07, 6.45) is 5.37. The summed E-state index contributed by atoms with van der Waals surface area (Å²) in [6.45, 7) is 2.54. The Balaban J connectivity index is 1.75. The number of ether oxygens (including phenoxy) is 1. The zero-order valence-corrected chi connectivity index (χ0v) is 9.15. The van der Waals surface area contributed by atoms with Crippen LogP contribution in [0.15, 0.2) is 6.33 Å². The van der Waals surface area contributed by atoms with Crippen molar-refractivity contribution in [1.29, 1.82) is 0 Å². The number of methoxy groups -OCH3 is 1. The van der Waals surface area contributed by atoms with E-state index in [4.69, 9.17) is 4.74 Å². The molecule has 0 unspecified atom stereocenters. The minimum Gasteiger partial charge on any atom is -0.383 e. The van der Waals surface area contributed by atoms with Crippen molar-refractivity contribution < 1.29 is 4.74 Å². The molecule has 0 bridgehead atoms. The lowest BCUT2D eigenvalue weighted by Crippen LogP contribution is -2.21. The molecule has 1 fully saturated rings. The molecule has 1 saturated carbocycles. The maximum absolute atomic E-state index is 5.03. The lowest BCUT2D eigenvalue weighted by Gasteiger charge is -2.06. The van der Waals surface area contributed by atoms with E-state index in [1.165, 1.54) is 12.8 Å². The van der Waals surface area contributed by atoms with Gasteiger partial charge in [-0.25, -0.2) is 0 Å². The SMILES string of the molecule is COCCn1cnnc1CCNC1CC1. The number of nitrogens with zero attached hydrogens (tertiary/aromatic N) is 3. The van der Waals surface area contributed by atoms with Gasteiger partial charge in [-0.05, 0) is 12.8 Å². The highest BCUT2D eigenvalue weighted by atomic mass is 16.5. The molecule has 1 aromatic heterocycles. The Kier molecular flexibility index (Phi) is 3.69. The quantitative estimate of drug-likeness (QED) is 0.699. The Morgan fingerprint density at radius 3 is 3.20 bits per heavy atom. The lowest BCUT2D eigenvalue weighted by atomic mass is 10.4. The second-order valence-corrected chi connectivity index (χ2v) is 3.91. The molecule has 84 valence electrons. The van der Waals surface area contributed by atoms with Crippen LogP contribution in [0.25, 0.3) is 0 Å². The summed E-state index contributed by atoms with van der Waals surface area (Å²) in [7, 11) is 1.71. The minimum absolute atomic E-state index is 0.709.